The lowest BCUT2D eigenvalue weighted by Gasteiger charge is -2.11. The zero-order valence-corrected chi connectivity index (χ0v) is 13.8. The molecule has 0 saturated carbocycles. The number of amides is 1. The van der Waals surface area contributed by atoms with E-state index in [9.17, 15) is 22.8 Å². The highest BCUT2D eigenvalue weighted by Crippen LogP contribution is 2.30. The summed E-state index contributed by atoms with van der Waals surface area (Å²) in [6.45, 7) is 1.56. The monoisotopic (exact) mass is 373 g/mol. The van der Waals surface area contributed by atoms with Crippen molar-refractivity contribution in [1.29, 1.82) is 0 Å². The molecule has 0 fully saturated rings. The van der Waals surface area contributed by atoms with Crippen LogP contribution >= 0.6 is 11.8 Å². The summed E-state index contributed by atoms with van der Waals surface area (Å²) >= 11 is 0.773. The number of carboxylic acid groups (broad SMARTS) is 1. The van der Waals surface area contributed by atoms with E-state index in [0.717, 1.165) is 23.9 Å². The van der Waals surface area contributed by atoms with E-state index in [1.54, 1.807) is 6.92 Å². The maximum Gasteiger partial charge on any atom is 0.311 e. The van der Waals surface area contributed by atoms with Gasteiger partial charge in [0.15, 0.2) is 0 Å². The van der Waals surface area contributed by atoms with Crippen LogP contribution < -0.4 is 5.32 Å². The lowest BCUT2D eigenvalue weighted by Crippen LogP contribution is -2.16. The average molecular weight is 373 g/mol. The number of hydrogen-bond donors (Lipinski definition) is 2. The summed E-state index contributed by atoms with van der Waals surface area (Å²) in [6.07, 6.45) is -1.81. The van der Waals surface area contributed by atoms with Gasteiger partial charge in [0, 0.05) is 10.5 Å². The van der Waals surface area contributed by atoms with Gasteiger partial charge in [0.1, 0.15) is 18.0 Å². The number of carbonyl (C=O) groups excluding carboxylic acids is 1. The molecule has 0 aliphatic carbocycles. The van der Waals surface area contributed by atoms with Crippen molar-refractivity contribution in [2.45, 2.75) is 24.7 Å². The fourth-order valence-electron chi connectivity index (χ4n) is 2.13. The molecule has 0 aliphatic heterocycles. The van der Waals surface area contributed by atoms with E-state index in [0.29, 0.717) is 5.56 Å². The van der Waals surface area contributed by atoms with Crippen LogP contribution in [-0.4, -0.2) is 29.2 Å². The number of thioether (sulfide) groups is 1. The molecule has 0 aliphatic rings. The molecule has 0 spiro atoms. The van der Waals surface area contributed by atoms with Crippen LogP contribution in [0.2, 0.25) is 0 Å². The Hall–Kier alpha value is -2.42. The Morgan fingerprint density at radius 1 is 1.36 bits per heavy atom. The highest BCUT2D eigenvalue weighted by atomic mass is 32.2. The van der Waals surface area contributed by atoms with Crippen molar-refractivity contribution in [1.82, 2.24) is 0 Å². The molecule has 2 rings (SSSR count). The van der Waals surface area contributed by atoms with Crippen LogP contribution in [0.15, 0.2) is 33.8 Å². The van der Waals surface area contributed by atoms with Gasteiger partial charge in [-0.05, 0) is 25.1 Å². The van der Waals surface area contributed by atoms with E-state index in [2.05, 4.69) is 5.32 Å². The summed E-state index contributed by atoms with van der Waals surface area (Å²) in [7, 11) is 0. The van der Waals surface area contributed by atoms with Crippen molar-refractivity contribution in [3.63, 3.8) is 0 Å². The van der Waals surface area contributed by atoms with Crippen molar-refractivity contribution in [2.24, 2.45) is 0 Å². The molecule has 2 N–H and O–H groups in total. The number of aryl methyl sites for hydroxylation is 1. The lowest BCUT2D eigenvalue weighted by atomic mass is 10.1. The van der Waals surface area contributed by atoms with Crippen LogP contribution in [0, 0.1) is 12.7 Å². The molecular weight excluding hydrogens is 359 g/mol. The Balaban J connectivity index is 2.27. The Morgan fingerprint density at radius 2 is 2.08 bits per heavy atom. The van der Waals surface area contributed by atoms with Gasteiger partial charge in [0.05, 0.1) is 23.3 Å². The maximum atomic E-state index is 13.5. The summed E-state index contributed by atoms with van der Waals surface area (Å²) in [5.74, 6) is -3.08. The predicted molar refractivity (Wildman–Crippen MR) is 85.9 cm³/mol. The van der Waals surface area contributed by atoms with Crippen LogP contribution in [0.25, 0.3) is 0 Å². The van der Waals surface area contributed by atoms with Gasteiger partial charge in [0.2, 0.25) is 6.43 Å². The number of furan rings is 1. The smallest absolute Gasteiger partial charge is 0.311 e. The topological polar surface area (TPSA) is 79.5 Å². The Kier molecular flexibility index (Phi) is 6.13. The van der Waals surface area contributed by atoms with E-state index < -0.39 is 36.3 Å². The van der Waals surface area contributed by atoms with Gasteiger partial charge < -0.3 is 14.8 Å². The van der Waals surface area contributed by atoms with Gasteiger partial charge in [-0.2, -0.15) is 0 Å². The third-order valence-corrected chi connectivity index (χ3v) is 4.23. The number of alkyl halides is 2. The van der Waals surface area contributed by atoms with Crippen LogP contribution in [-0.2, 0) is 11.2 Å². The minimum absolute atomic E-state index is 0.0245. The molecule has 0 unspecified atom stereocenters. The van der Waals surface area contributed by atoms with Gasteiger partial charge in [-0.3, -0.25) is 9.59 Å². The molecule has 0 saturated heterocycles. The number of halogens is 3. The maximum absolute atomic E-state index is 13.5. The number of hydrogen-bond acceptors (Lipinski definition) is 4. The molecule has 9 heteroatoms. The number of aliphatic carboxylic acids is 1. The molecular formula is C16H14F3NO4S. The molecule has 1 aromatic carbocycles. The summed E-state index contributed by atoms with van der Waals surface area (Å²) in [5, 5.41) is 11.3. The van der Waals surface area contributed by atoms with E-state index in [1.165, 1.54) is 12.3 Å². The molecule has 5 nitrogen and oxygen atoms in total. The second-order valence-corrected chi connectivity index (χ2v) is 6.15. The van der Waals surface area contributed by atoms with E-state index >= 15 is 0 Å². The first kappa shape index (κ1) is 18.9. The third kappa shape index (κ3) is 5.02. The predicted octanol–water partition coefficient (Wildman–Crippen LogP) is 3.96. The molecule has 0 radical (unpaired) electrons. The van der Waals surface area contributed by atoms with Crippen LogP contribution in [0.4, 0.5) is 18.9 Å². The van der Waals surface area contributed by atoms with Gasteiger partial charge in [-0.1, -0.05) is 0 Å². The van der Waals surface area contributed by atoms with Crippen LogP contribution in [0.1, 0.15) is 21.7 Å². The fraction of sp³-hybridized carbons (Fsp3) is 0.250. The molecule has 0 bridgehead atoms. The molecule has 134 valence electrons. The summed E-state index contributed by atoms with van der Waals surface area (Å²) < 4.78 is 43.3. The zero-order valence-electron chi connectivity index (χ0n) is 13.0. The molecule has 0 atom stereocenters. The van der Waals surface area contributed by atoms with Gasteiger partial charge >= 0.3 is 5.97 Å². The quantitative estimate of drug-likeness (QED) is 0.718. The molecule has 2 aromatic rings. The summed E-state index contributed by atoms with van der Waals surface area (Å²) in [4.78, 5) is 23.6. The number of benzene rings is 1. The third-order valence-electron chi connectivity index (χ3n) is 3.14. The molecule has 1 amide bonds. The standard InChI is InChI=1S/C16H14F3NO4S/c1-8-6-24-11(5-14(21)22)15(8)16(23)20-10-4-9(17)2-3-12(10)25-7-13(18)19/h2-4,6,13H,5,7H2,1H3,(H,20,23)(H,21,22). The van der Waals surface area contributed by atoms with Gasteiger partial charge in [-0.25, -0.2) is 13.2 Å². The van der Waals surface area contributed by atoms with Crippen molar-refractivity contribution in [3.05, 3.63) is 47.2 Å². The number of anilines is 1. The highest BCUT2D eigenvalue weighted by Gasteiger charge is 2.21. The van der Waals surface area contributed by atoms with Crippen LogP contribution in [0.5, 0.6) is 0 Å². The largest absolute Gasteiger partial charge is 0.481 e. The first-order valence-electron chi connectivity index (χ1n) is 7.08. The Morgan fingerprint density at radius 3 is 2.72 bits per heavy atom. The Bertz CT molecular complexity index is 792. The SMILES string of the molecule is Cc1coc(CC(=O)O)c1C(=O)Nc1cc(F)ccc1SCC(F)F. The Labute approximate surface area is 145 Å². The summed E-state index contributed by atoms with van der Waals surface area (Å²) in [5.41, 5.74) is 0.459. The van der Waals surface area contributed by atoms with Crippen molar-refractivity contribution in [3.8, 4) is 0 Å². The highest BCUT2D eigenvalue weighted by molar-refractivity contribution is 7.99. The lowest BCUT2D eigenvalue weighted by molar-refractivity contribution is -0.136. The number of carbonyl (C=O) groups is 2. The zero-order chi connectivity index (χ0) is 18.6. The van der Waals surface area contributed by atoms with Crippen molar-refractivity contribution in [2.75, 3.05) is 11.1 Å². The van der Waals surface area contributed by atoms with Crippen LogP contribution in [0.3, 0.4) is 0 Å². The second-order valence-electron chi connectivity index (χ2n) is 5.08. The van der Waals surface area contributed by atoms with E-state index in [-0.39, 0.29) is 21.9 Å². The number of rotatable bonds is 7. The van der Waals surface area contributed by atoms with Crippen molar-refractivity contribution >= 4 is 29.3 Å². The average Bonchev–Trinajstić information content (AvgIpc) is 2.86. The second kappa shape index (κ2) is 8.11. The number of carboxylic acids is 1. The fourth-order valence-corrected chi connectivity index (χ4v) is 2.87. The van der Waals surface area contributed by atoms with Gasteiger partial charge in [0.25, 0.3) is 5.91 Å². The number of nitrogens with one attached hydrogen (secondary N) is 1. The van der Waals surface area contributed by atoms with E-state index in [1.807, 2.05) is 0 Å². The first-order valence-corrected chi connectivity index (χ1v) is 8.07. The molecule has 1 heterocycles. The van der Waals surface area contributed by atoms with E-state index in [4.69, 9.17) is 9.52 Å². The first-order chi connectivity index (χ1) is 11.8. The van der Waals surface area contributed by atoms with Gasteiger partial charge in [-0.15, -0.1) is 11.8 Å². The molecule has 25 heavy (non-hydrogen) atoms. The normalized spacial score (nSPS) is 10.9. The molecule has 1 aromatic heterocycles. The summed E-state index contributed by atoms with van der Waals surface area (Å²) in [6, 6.07) is 3.40. The minimum Gasteiger partial charge on any atom is -0.481 e. The minimum atomic E-state index is -2.56. The van der Waals surface area contributed by atoms with Crippen molar-refractivity contribution < 1.29 is 32.3 Å².